The summed E-state index contributed by atoms with van der Waals surface area (Å²) in [5.74, 6) is -0.101. The maximum atomic E-state index is 13.9. The number of amides is 2. The van der Waals surface area contributed by atoms with Gasteiger partial charge >= 0.3 is 0 Å². The van der Waals surface area contributed by atoms with E-state index in [1.54, 1.807) is 31.2 Å². The lowest BCUT2D eigenvalue weighted by atomic mass is 10.1. The first kappa shape index (κ1) is 28.5. The molecule has 3 aromatic rings. The second-order valence-electron chi connectivity index (χ2n) is 8.47. The van der Waals surface area contributed by atoms with Crippen molar-refractivity contribution in [3.63, 3.8) is 0 Å². The van der Waals surface area contributed by atoms with Crippen LogP contribution < -0.4 is 19.1 Å². The van der Waals surface area contributed by atoms with Crippen molar-refractivity contribution in [2.45, 2.75) is 24.3 Å². The number of anilines is 1. The maximum Gasteiger partial charge on any atom is 0.264 e. The lowest BCUT2D eigenvalue weighted by Gasteiger charge is -2.32. The van der Waals surface area contributed by atoms with Crippen LogP contribution in [0, 0.1) is 0 Å². The molecule has 0 radical (unpaired) electrons. The van der Waals surface area contributed by atoms with Gasteiger partial charge in [-0.3, -0.25) is 13.9 Å². The molecule has 0 saturated carbocycles. The largest absolute Gasteiger partial charge is 0.497 e. The summed E-state index contributed by atoms with van der Waals surface area (Å²) in [7, 11) is 0.201. The van der Waals surface area contributed by atoms with Crippen molar-refractivity contribution in [3.05, 3.63) is 84.4 Å². The molecule has 0 bridgehead atoms. The van der Waals surface area contributed by atoms with Crippen LogP contribution in [0.25, 0.3) is 0 Å². The van der Waals surface area contributed by atoms with Gasteiger partial charge in [-0.25, -0.2) is 8.42 Å². The van der Waals surface area contributed by atoms with Gasteiger partial charge in [0.1, 0.15) is 24.1 Å². The van der Waals surface area contributed by atoms with Crippen molar-refractivity contribution in [3.8, 4) is 11.5 Å². The van der Waals surface area contributed by atoms with Crippen LogP contribution in [0.15, 0.2) is 83.8 Å². The number of nitrogens with one attached hydrogen (secondary N) is 1. The molecule has 0 spiro atoms. The SMILES string of the molecule is CNC(=O)[C@@H](C)N(CCc1ccccc1)C(=O)CN(c1ccccc1OC)S(=O)(=O)c1ccc(OC)cc1. The number of rotatable bonds is 12. The smallest absolute Gasteiger partial charge is 0.264 e. The second-order valence-corrected chi connectivity index (χ2v) is 10.3. The predicted molar refractivity (Wildman–Crippen MR) is 146 cm³/mol. The standard InChI is InChI=1S/C28H33N3O6S/c1-21(28(33)29-2)30(19-18-22-10-6-5-7-11-22)27(32)20-31(25-12-8-9-13-26(25)37-4)38(34,35)24-16-14-23(36-3)15-17-24/h5-17,21H,18-20H2,1-4H3,(H,29,33)/t21-/m1/s1. The van der Waals surface area contributed by atoms with Crippen LogP contribution in [0.5, 0.6) is 11.5 Å². The van der Waals surface area contributed by atoms with Gasteiger partial charge in [0.05, 0.1) is 24.8 Å². The Bertz CT molecular complexity index is 1330. The van der Waals surface area contributed by atoms with Crippen molar-refractivity contribution in [2.75, 3.05) is 38.7 Å². The van der Waals surface area contributed by atoms with E-state index in [4.69, 9.17) is 9.47 Å². The average molecular weight is 540 g/mol. The van der Waals surface area contributed by atoms with Gasteiger partial charge in [-0.05, 0) is 55.3 Å². The molecular formula is C28H33N3O6S. The predicted octanol–water partition coefficient (Wildman–Crippen LogP) is 3.10. The molecule has 10 heteroatoms. The number of carbonyl (C=O) groups is 2. The van der Waals surface area contributed by atoms with Crippen molar-refractivity contribution in [1.82, 2.24) is 10.2 Å². The van der Waals surface area contributed by atoms with Gasteiger partial charge in [0, 0.05) is 13.6 Å². The lowest BCUT2D eigenvalue weighted by Crippen LogP contribution is -2.51. The van der Waals surface area contributed by atoms with Gasteiger partial charge in [0.25, 0.3) is 10.0 Å². The summed E-state index contributed by atoms with van der Waals surface area (Å²) in [4.78, 5) is 27.7. The van der Waals surface area contributed by atoms with Crippen LogP contribution >= 0.6 is 0 Å². The van der Waals surface area contributed by atoms with Crippen LogP contribution in [0.4, 0.5) is 5.69 Å². The molecule has 9 nitrogen and oxygen atoms in total. The number of carbonyl (C=O) groups excluding carboxylic acids is 2. The van der Waals surface area contributed by atoms with Crippen LogP contribution in [0.3, 0.4) is 0 Å². The zero-order valence-electron chi connectivity index (χ0n) is 22.0. The number of hydrogen-bond acceptors (Lipinski definition) is 6. The molecule has 3 aromatic carbocycles. The molecule has 38 heavy (non-hydrogen) atoms. The fourth-order valence-electron chi connectivity index (χ4n) is 4.00. The monoisotopic (exact) mass is 539 g/mol. The van der Waals surface area contributed by atoms with Crippen molar-refractivity contribution in [2.24, 2.45) is 0 Å². The molecule has 0 aliphatic carbocycles. The van der Waals surface area contributed by atoms with Crippen LogP contribution in [-0.2, 0) is 26.0 Å². The van der Waals surface area contributed by atoms with E-state index in [0.717, 1.165) is 9.87 Å². The number of nitrogens with zero attached hydrogens (tertiary/aromatic N) is 2. The quantitative estimate of drug-likeness (QED) is 0.379. The fourth-order valence-corrected chi connectivity index (χ4v) is 5.43. The molecule has 0 aliphatic rings. The van der Waals surface area contributed by atoms with Crippen molar-refractivity contribution < 1.29 is 27.5 Å². The van der Waals surface area contributed by atoms with E-state index in [9.17, 15) is 18.0 Å². The third kappa shape index (κ3) is 6.63. The zero-order chi connectivity index (χ0) is 27.7. The van der Waals surface area contributed by atoms with Crippen LogP contribution in [-0.4, -0.2) is 65.5 Å². The van der Waals surface area contributed by atoms with E-state index >= 15 is 0 Å². The number of ether oxygens (including phenoxy) is 2. The van der Waals surface area contributed by atoms with Crippen LogP contribution in [0.1, 0.15) is 12.5 Å². The van der Waals surface area contributed by atoms with Gasteiger partial charge in [0.15, 0.2) is 0 Å². The third-order valence-electron chi connectivity index (χ3n) is 6.18. The summed E-state index contributed by atoms with van der Waals surface area (Å²) in [6, 6.07) is 21.2. The topological polar surface area (TPSA) is 105 Å². The van der Waals surface area contributed by atoms with Gasteiger partial charge in [-0.15, -0.1) is 0 Å². The summed E-state index contributed by atoms with van der Waals surface area (Å²) < 4.78 is 39.4. The van der Waals surface area contributed by atoms with E-state index in [1.807, 2.05) is 30.3 Å². The summed E-state index contributed by atoms with van der Waals surface area (Å²) >= 11 is 0. The number of benzene rings is 3. The number of para-hydroxylation sites is 2. The molecular weight excluding hydrogens is 506 g/mol. The normalized spacial score (nSPS) is 11.8. The first-order chi connectivity index (χ1) is 18.2. The number of likely N-dealkylation sites (N-methyl/N-ethyl adjacent to an activating group) is 1. The van der Waals surface area contributed by atoms with Gasteiger partial charge in [-0.1, -0.05) is 42.5 Å². The van der Waals surface area contributed by atoms with E-state index in [2.05, 4.69) is 5.32 Å². The zero-order valence-corrected chi connectivity index (χ0v) is 22.8. The fraction of sp³-hybridized carbons (Fsp3) is 0.286. The Morgan fingerprint density at radius 2 is 1.53 bits per heavy atom. The Morgan fingerprint density at radius 3 is 2.13 bits per heavy atom. The summed E-state index contributed by atoms with van der Waals surface area (Å²) in [5, 5.41) is 2.57. The summed E-state index contributed by atoms with van der Waals surface area (Å²) in [6.45, 7) is 1.30. The molecule has 0 heterocycles. The molecule has 2 amide bonds. The minimum atomic E-state index is -4.21. The minimum absolute atomic E-state index is 0.0211. The first-order valence-electron chi connectivity index (χ1n) is 12.1. The Hall–Kier alpha value is -4.05. The van der Waals surface area contributed by atoms with E-state index < -0.39 is 28.5 Å². The van der Waals surface area contributed by atoms with Crippen molar-refractivity contribution in [1.29, 1.82) is 0 Å². The Morgan fingerprint density at radius 1 is 0.895 bits per heavy atom. The Balaban J connectivity index is 2.01. The first-order valence-corrected chi connectivity index (χ1v) is 13.5. The van der Waals surface area contributed by atoms with E-state index in [1.165, 1.54) is 50.4 Å². The van der Waals surface area contributed by atoms with Gasteiger partial charge in [-0.2, -0.15) is 0 Å². The number of methoxy groups -OCH3 is 2. The highest BCUT2D eigenvalue weighted by atomic mass is 32.2. The van der Waals surface area contributed by atoms with Crippen LogP contribution in [0.2, 0.25) is 0 Å². The third-order valence-corrected chi connectivity index (χ3v) is 7.95. The highest BCUT2D eigenvalue weighted by Crippen LogP contribution is 2.32. The molecule has 0 saturated heterocycles. The van der Waals surface area contributed by atoms with Crippen molar-refractivity contribution >= 4 is 27.5 Å². The highest BCUT2D eigenvalue weighted by Gasteiger charge is 2.33. The second kappa shape index (κ2) is 13.0. The molecule has 0 fully saturated rings. The Labute approximate surface area is 224 Å². The maximum absolute atomic E-state index is 13.9. The average Bonchev–Trinajstić information content (AvgIpc) is 2.95. The summed E-state index contributed by atoms with van der Waals surface area (Å²) in [6.07, 6.45) is 0.494. The molecule has 1 N–H and O–H groups in total. The number of sulfonamides is 1. The van der Waals surface area contributed by atoms with E-state index in [0.29, 0.717) is 12.2 Å². The molecule has 3 rings (SSSR count). The molecule has 1 atom stereocenters. The Kier molecular flexibility index (Phi) is 9.72. The molecule has 0 aliphatic heterocycles. The molecule has 202 valence electrons. The lowest BCUT2D eigenvalue weighted by molar-refractivity contribution is -0.138. The highest BCUT2D eigenvalue weighted by molar-refractivity contribution is 7.92. The summed E-state index contributed by atoms with van der Waals surface area (Å²) in [5.41, 5.74) is 1.19. The number of hydrogen-bond donors (Lipinski definition) is 1. The molecule has 0 unspecified atom stereocenters. The van der Waals surface area contributed by atoms with E-state index in [-0.39, 0.29) is 28.8 Å². The van der Waals surface area contributed by atoms with Gasteiger partial charge in [0.2, 0.25) is 11.8 Å². The minimum Gasteiger partial charge on any atom is -0.497 e. The molecule has 0 aromatic heterocycles. The van der Waals surface area contributed by atoms with Gasteiger partial charge < -0.3 is 19.7 Å².